The Morgan fingerprint density at radius 1 is 1.00 bits per heavy atom. The highest BCUT2D eigenvalue weighted by molar-refractivity contribution is 5.94. The predicted molar refractivity (Wildman–Crippen MR) is 108 cm³/mol. The van der Waals surface area contributed by atoms with Crippen LogP contribution in [0.25, 0.3) is 5.69 Å². The highest BCUT2D eigenvalue weighted by atomic mass is 16.3. The van der Waals surface area contributed by atoms with Crippen LogP contribution in [-0.2, 0) is 11.2 Å². The van der Waals surface area contributed by atoms with E-state index in [0.717, 1.165) is 22.6 Å². The normalized spacial score (nSPS) is 14.3. The average Bonchev–Trinajstić information content (AvgIpc) is 3.38. The molecule has 0 radical (unpaired) electrons. The summed E-state index contributed by atoms with van der Waals surface area (Å²) in [6.07, 6.45) is 3.27. The van der Waals surface area contributed by atoms with Gasteiger partial charge in [0.1, 0.15) is 6.26 Å². The Morgan fingerprint density at radius 3 is 2.34 bits per heavy atom. The second-order valence-electron chi connectivity index (χ2n) is 7.26. The summed E-state index contributed by atoms with van der Waals surface area (Å²) in [6, 6.07) is 11.6. The van der Waals surface area contributed by atoms with Crippen LogP contribution < -0.4 is 0 Å². The largest absolute Gasteiger partial charge is 0.472 e. The Morgan fingerprint density at radius 2 is 1.69 bits per heavy atom. The van der Waals surface area contributed by atoms with E-state index in [2.05, 4.69) is 5.10 Å². The van der Waals surface area contributed by atoms with Crippen molar-refractivity contribution < 1.29 is 14.0 Å². The zero-order chi connectivity index (χ0) is 20.4. The van der Waals surface area contributed by atoms with Crippen molar-refractivity contribution in [3.63, 3.8) is 0 Å². The van der Waals surface area contributed by atoms with Crippen LogP contribution in [0.4, 0.5) is 0 Å². The molecule has 0 N–H and O–H groups in total. The molecule has 0 saturated carbocycles. The Labute approximate surface area is 169 Å². The number of benzene rings is 1. The molecule has 3 aromatic rings. The van der Waals surface area contributed by atoms with Gasteiger partial charge in [0.15, 0.2) is 0 Å². The fourth-order valence-corrected chi connectivity index (χ4v) is 3.74. The van der Waals surface area contributed by atoms with Crippen molar-refractivity contribution in [2.45, 2.75) is 20.3 Å². The summed E-state index contributed by atoms with van der Waals surface area (Å²) < 4.78 is 6.88. The van der Waals surface area contributed by atoms with Crippen molar-refractivity contribution in [3.8, 4) is 5.69 Å². The van der Waals surface area contributed by atoms with Gasteiger partial charge in [-0.15, -0.1) is 0 Å². The third-order valence-corrected chi connectivity index (χ3v) is 5.46. The molecule has 2 aromatic heterocycles. The molecule has 0 bridgehead atoms. The maximum atomic E-state index is 12.9. The highest BCUT2D eigenvalue weighted by Gasteiger charge is 2.26. The second kappa shape index (κ2) is 7.95. The van der Waals surface area contributed by atoms with E-state index in [9.17, 15) is 9.59 Å². The number of amides is 2. The summed E-state index contributed by atoms with van der Waals surface area (Å²) >= 11 is 0. The Balaban J connectivity index is 1.41. The summed E-state index contributed by atoms with van der Waals surface area (Å²) in [5.41, 5.74) is 4.35. The van der Waals surface area contributed by atoms with Gasteiger partial charge in [-0.05, 0) is 32.0 Å². The lowest BCUT2D eigenvalue weighted by molar-refractivity contribution is -0.131. The van der Waals surface area contributed by atoms with Crippen molar-refractivity contribution in [2.24, 2.45) is 0 Å². The first-order chi connectivity index (χ1) is 14.0. The smallest absolute Gasteiger partial charge is 0.257 e. The summed E-state index contributed by atoms with van der Waals surface area (Å²) in [6.45, 7) is 6.06. The van der Waals surface area contributed by atoms with Gasteiger partial charge in [-0.1, -0.05) is 18.2 Å². The van der Waals surface area contributed by atoms with Crippen molar-refractivity contribution in [1.82, 2.24) is 19.6 Å². The zero-order valence-corrected chi connectivity index (χ0v) is 16.7. The van der Waals surface area contributed by atoms with Crippen LogP contribution in [0.3, 0.4) is 0 Å². The molecule has 0 aliphatic carbocycles. The van der Waals surface area contributed by atoms with E-state index in [1.807, 2.05) is 53.8 Å². The number of aryl methyl sites for hydroxylation is 1. The minimum Gasteiger partial charge on any atom is -0.472 e. The van der Waals surface area contributed by atoms with Gasteiger partial charge in [0.25, 0.3) is 5.91 Å². The summed E-state index contributed by atoms with van der Waals surface area (Å²) in [4.78, 5) is 28.9. The minimum atomic E-state index is -0.0540. The van der Waals surface area contributed by atoms with E-state index < -0.39 is 0 Å². The molecule has 4 rings (SSSR count). The van der Waals surface area contributed by atoms with Crippen LogP contribution in [0.1, 0.15) is 27.3 Å². The molecule has 1 aliphatic heterocycles. The van der Waals surface area contributed by atoms with Crippen LogP contribution in [0, 0.1) is 13.8 Å². The van der Waals surface area contributed by atoms with E-state index in [1.54, 1.807) is 11.0 Å². The van der Waals surface area contributed by atoms with Crippen LogP contribution in [0.2, 0.25) is 0 Å². The number of rotatable bonds is 4. The summed E-state index contributed by atoms with van der Waals surface area (Å²) in [7, 11) is 0. The molecule has 3 heterocycles. The van der Waals surface area contributed by atoms with E-state index in [1.165, 1.54) is 12.5 Å². The fraction of sp³-hybridized carbons (Fsp3) is 0.318. The van der Waals surface area contributed by atoms with Crippen molar-refractivity contribution in [1.29, 1.82) is 0 Å². The summed E-state index contributed by atoms with van der Waals surface area (Å²) in [5, 5.41) is 4.63. The topological polar surface area (TPSA) is 71.6 Å². The quantitative estimate of drug-likeness (QED) is 0.684. The number of carbonyl (C=O) groups is 2. The van der Waals surface area contributed by atoms with E-state index in [0.29, 0.717) is 38.2 Å². The van der Waals surface area contributed by atoms with Crippen LogP contribution in [0.15, 0.2) is 53.3 Å². The number of aromatic nitrogens is 2. The molecule has 2 amide bonds. The van der Waals surface area contributed by atoms with Gasteiger partial charge in [0.2, 0.25) is 5.91 Å². The van der Waals surface area contributed by atoms with Gasteiger partial charge in [-0.3, -0.25) is 9.59 Å². The number of para-hydroxylation sites is 1. The molecule has 0 unspecified atom stereocenters. The molecule has 150 valence electrons. The molecule has 7 heteroatoms. The number of hydrogen-bond donors (Lipinski definition) is 0. The maximum absolute atomic E-state index is 12.9. The molecule has 0 spiro atoms. The van der Waals surface area contributed by atoms with Gasteiger partial charge in [-0.25, -0.2) is 4.68 Å². The molecule has 1 fully saturated rings. The van der Waals surface area contributed by atoms with Gasteiger partial charge in [0.05, 0.1) is 29.6 Å². The van der Waals surface area contributed by atoms with Gasteiger partial charge >= 0.3 is 0 Å². The van der Waals surface area contributed by atoms with Crippen LogP contribution in [-0.4, -0.2) is 57.6 Å². The van der Waals surface area contributed by atoms with Crippen LogP contribution >= 0.6 is 0 Å². The van der Waals surface area contributed by atoms with Crippen LogP contribution in [0.5, 0.6) is 0 Å². The number of hydrogen-bond acceptors (Lipinski definition) is 4. The lowest BCUT2D eigenvalue weighted by Gasteiger charge is -2.34. The number of carbonyl (C=O) groups excluding carboxylic acids is 2. The minimum absolute atomic E-state index is 0.0540. The van der Waals surface area contributed by atoms with Gasteiger partial charge < -0.3 is 14.2 Å². The third-order valence-electron chi connectivity index (χ3n) is 5.46. The molecule has 1 aromatic carbocycles. The SMILES string of the molecule is Cc1nn(-c2ccccc2)c(C)c1CC(=O)N1CCN(C(=O)c2ccoc2)CC1. The number of piperazine rings is 1. The van der Waals surface area contributed by atoms with Crippen molar-refractivity contribution in [3.05, 3.63) is 71.4 Å². The average molecular weight is 392 g/mol. The molecular formula is C22H24N4O3. The monoisotopic (exact) mass is 392 g/mol. The molecule has 7 nitrogen and oxygen atoms in total. The van der Waals surface area contributed by atoms with E-state index >= 15 is 0 Å². The molecule has 1 aliphatic rings. The van der Waals surface area contributed by atoms with E-state index in [-0.39, 0.29) is 11.8 Å². The van der Waals surface area contributed by atoms with Gasteiger partial charge in [0, 0.05) is 37.4 Å². The Kier molecular flexibility index (Phi) is 5.20. The Hall–Kier alpha value is -3.35. The standard InChI is InChI=1S/C22H24N4O3/c1-16-20(17(2)26(23-16)19-6-4-3-5-7-19)14-21(27)24-9-11-25(12-10-24)22(28)18-8-13-29-15-18/h3-8,13,15H,9-12,14H2,1-2H3. The van der Waals surface area contributed by atoms with Crippen molar-refractivity contribution >= 4 is 11.8 Å². The maximum Gasteiger partial charge on any atom is 0.257 e. The number of nitrogens with zero attached hydrogens (tertiary/aromatic N) is 4. The lowest BCUT2D eigenvalue weighted by atomic mass is 10.1. The predicted octanol–water partition coefficient (Wildman–Crippen LogP) is 2.61. The van der Waals surface area contributed by atoms with Crippen molar-refractivity contribution in [2.75, 3.05) is 26.2 Å². The highest BCUT2D eigenvalue weighted by Crippen LogP contribution is 2.19. The van der Waals surface area contributed by atoms with E-state index in [4.69, 9.17) is 4.42 Å². The van der Waals surface area contributed by atoms with Gasteiger partial charge in [-0.2, -0.15) is 5.10 Å². The fourth-order valence-electron chi connectivity index (χ4n) is 3.74. The molecule has 0 atom stereocenters. The molecule has 29 heavy (non-hydrogen) atoms. The first-order valence-electron chi connectivity index (χ1n) is 9.74. The molecule has 1 saturated heterocycles. The zero-order valence-electron chi connectivity index (χ0n) is 16.7. The second-order valence-corrected chi connectivity index (χ2v) is 7.26. The first kappa shape index (κ1) is 19.0. The lowest BCUT2D eigenvalue weighted by Crippen LogP contribution is -2.51. The first-order valence-corrected chi connectivity index (χ1v) is 9.74. The summed E-state index contributed by atoms with van der Waals surface area (Å²) in [5.74, 6) is 0.0147. The Bertz CT molecular complexity index is 1000. The third kappa shape index (κ3) is 3.81. The molecular weight excluding hydrogens is 368 g/mol. The number of furan rings is 1.